The highest BCUT2D eigenvalue weighted by atomic mass is 32.2. The van der Waals surface area contributed by atoms with Gasteiger partial charge in [-0.05, 0) is 12.8 Å². The molecule has 9 heteroatoms. The molecule has 0 radical (unpaired) electrons. The van der Waals surface area contributed by atoms with Gasteiger partial charge < -0.3 is 15.2 Å². The van der Waals surface area contributed by atoms with Crippen molar-refractivity contribution in [2.24, 2.45) is 5.92 Å². The Labute approximate surface area is 166 Å². The van der Waals surface area contributed by atoms with Crippen molar-refractivity contribution in [3.8, 4) is 0 Å². The molecule has 2 heterocycles. The van der Waals surface area contributed by atoms with E-state index in [1.807, 2.05) is 18.2 Å². The van der Waals surface area contributed by atoms with Gasteiger partial charge in [-0.2, -0.15) is 4.31 Å². The molecule has 8 nitrogen and oxygen atoms in total. The van der Waals surface area contributed by atoms with E-state index in [1.165, 1.54) is 27.3 Å². The van der Waals surface area contributed by atoms with Crippen molar-refractivity contribution in [3.63, 3.8) is 0 Å². The quantitative estimate of drug-likeness (QED) is 0.558. The molecule has 0 spiro atoms. The molecular formula is C19H28N5O3S+. The highest BCUT2D eigenvalue weighted by Crippen LogP contribution is 2.22. The fraction of sp³-hybridized carbons (Fsp3) is 0.474. The maximum absolute atomic E-state index is 12.5. The fourth-order valence-corrected chi connectivity index (χ4v) is 4.82. The van der Waals surface area contributed by atoms with Gasteiger partial charge in [-0.15, -0.1) is 0 Å². The third kappa shape index (κ3) is 5.18. The smallest absolute Gasteiger partial charge is 0.260 e. The number of carbonyl (C=O) groups is 1. The first-order valence-corrected chi connectivity index (χ1v) is 11.0. The van der Waals surface area contributed by atoms with Crippen LogP contribution in [0.15, 0.2) is 47.9 Å². The normalized spacial score (nSPS) is 17.3. The third-order valence-electron chi connectivity index (χ3n) is 5.12. The highest BCUT2D eigenvalue weighted by molar-refractivity contribution is 7.89. The monoisotopic (exact) mass is 406 g/mol. The number of imidazole rings is 1. The number of aromatic nitrogens is 2. The van der Waals surface area contributed by atoms with Gasteiger partial charge in [0.1, 0.15) is 6.54 Å². The number of hydrogen-bond acceptors (Lipinski definition) is 4. The molecule has 1 aliphatic heterocycles. The van der Waals surface area contributed by atoms with Crippen molar-refractivity contribution in [1.29, 1.82) is 0 Å². The zero-order chi connectivity index (χ0) is 20.0. The van der Waals surface area contributed by atoms with Crippen LogP contribution < -0.4 is 10.2 Å². The number of carbonyl (C=O) groups excluding carboxylic acids is 1. The Bertz CT molecular complexity index is 847. The van der Waals surface area contributed by atoms with Gasteiger partial charge in [-0.25, -0.2) is 13.4 Å². The first-order valence-electron chi connectivity index (χ1n) is 9.58. The van der Waals surface area contributed by atoms with Crippen LogP contribution in [0.2, 0.25) is 0 Å². The largest absolute Gasteiger partial charge is 0.350 e. The van der Waals surface area contributed by atoms with E-state index in [0.29, 0.717) is 32.5 Å². The first-order chi connectivity index (χ1) is 13.5. The second-order valence-corrected chi connectivity index (χ2v) is 9.16. The molecule has 1 aromatic carbocycles. The lowest BCUT2D eigenvalue weighted by atomic mass is 9.97. The Morgan fingerprint density at radius 1 is 1.29 bits per heavy atom. The zero-order valence-electron chi connectivity index (χ0n) is 16.1. The SMILES string of the molecule is C[NH+](CCNC(=O)C1CCN(S(=O)(=O)c2cnc[nH]2)CC1)Cc1ccccc1. The van der Waals surface area contributed by atoms with E-state index in [2.05, 4.69) is 34.5 Å². The number of piperidine rings is 1. The number of nitrogens with one attached hydrogen (secondary N) is 3. The summed E-state index contributed by atoms with van der Waals surface area (Å²) in [5.41, 5.74) is 1.28. The standard InChI is InChI=1S/C19H27N5O3S/c1-23(14-16-5-3-2-4-6-16)12-9-21-19(25)17-7-10-24(11-8-17)28(26,27)18-13-20-15-22-18/h2-6,13,15,17H,7-12,14H2,1H3,(H,20,22)(H,21,25)/p+1. The number of aromatic amines is 1. The van der Waals surface area contributed by atoms with Crippen LogP contribution in [0.25, 0.3) is 0 Å². The number of likely N-dealkylation sites (N-methyl/N-ethyl adjacent to an activating group) is 1. The van der Waals surface area contributed by atoms with Gasteiger partial charge in [0.15, 0.2) is 5.03 Å². The van der Waals surface area contributed by atoms with Crippen LogP contribution in [-0.4, -0.2) is 61.8 Å². The molecule has 1 saturated heterocycles. The van der Waals surface area contributed by atoms with E-state index in [-0.39, 0.29) is 16.9 Å². The van der Waals surface area contributed by atoms with Crippen molar-refractivity contribution < 1.29 is 18.1 Å². The molecule has 28 heavy (non-hydrogen) atoms. The summed E-state index contributed by atoms with van der Waals surface area (Å²) in [6, 6.07) is 10.3. The lowest BCUT2D eigenvalue weighted by molar-refractivity contribution is -0.892. The van der Waals surface area contributed by atoms with Gasteiger partial charge in [0.25, 0.3) is 10.0 Å². The number of quaternary nitrogens is 1. The maximum Gasteiger partial charge on any atom is 0.260 e. The summed E-state index contributed by atoms with van der Waals surface area (Å²) in [4.78, 5) is 20.2. The molecule has 1 fully saturated rings. The van der Waals surface area contributed by atoms with Crippen LogP contribution in [0, 0.1) is 5.92 Å². The van der Waals surface area contributed by atoms with Gasteiger partial charge in [-0.1, -0.05) is 30.3 Å². The summed E-state index contributed by atoms with van der Waals surface area (Å²) in [6.45, 7) is 3.07. The van der Waals surface area contributed by atoms with Crippen molar-refractivity contribution >= 4 is 15.9 Å². The molecule has 2 aromatic rings. The van der Waals surface area contributed by atoms with Crippen LogP contribution in [0.4, 0.5) is 0 Å². The molecule has 1 amide bonds. The Hall–Kier alpha value is -2.23. The van der Waals surface area contributed by atoms with E-state index in [4.69, 9.17) is 0 Å². The van der Waals surface area contributed by atoms with Crippen LogP contribution >= 0.6 is 0 Å². The van der Waals surface area contributed by atoms with E-state index >= 15 is 0 Å². The van der Waals surface area contributed by atoms with E-state index in [1.54, 1.807) is 0 Å². The molecule has 1 aromatic heterocycles. The fourth-order valence-electron chi connectivity index (χ4n) is 3.46. The van der Waals surface area contributed by atoms with E-state index in [9.17, 15) is 13.2 Å². The van der Waals surface area contributed by atoms with Gasteiger partial charge in [0.05, 0.1) is 32.7 Å². The average molecular weight is 407 g/mol. The molecule has 3 N–H and O–H groups in total. The van der Waals surface area contributed by atoms with E-state index < -0.39 is 10.0 Å². The first kappa shape index (κ1) is 20.5. The van der Waals surface area contributed by atoms with Gasteiger partial charge in [0.2, 0.25) is 5.91 Å². The number of amides is 1. The molecule has 152 valence electrons. The predicted octanol–water partition coefficient (Wildman–Crippen LogP) is -0.358. The van der Waals surface area contributed by atoms with Crippen LogP contribution in [-0.2, 0) is 21.4 Å². The second kappa shape index (κ2) is 9.31. The number of rotatable bonds is 8. The number of nitrogens with zero attached hydrogens (tertiary/aromatic N) is 2. The van der Waals surface area contributed by atoms with Crippen molar-refractivity contribution in [3.05, 3.63) is 48.4 Å². The topological polar surface area (TPSA) is 99.6 Å². The molecule has 0 bridgehead atoms. The van der Waals surface area contributed by atoms with Gasteiger partial charge >= 0.3 is 0 Å². The van der Waals surface area contributed by atoms with Crippen LogP contribution in [0.3, 0.4) is 0 Å². The molecule has 3 rings (SSSR count). The summed E-state index contributed by atoms with van der Waals surface area (Å²) in [7, 11) is -1.44. The van der Waals surface area contributed by atoms with Crippen molar-refractivity contribution in [1.82, 2.24) is 19.6 Å². The summed E-state index contributed by atoms with van der Waals surface area (Å²) >= 11 is 0. The molecule has 0 aliphatic carbocycles. The Morgan fingerprint density at radius 2 is 2.00 bits per heavy atom. The van der Waals surface area contributed by atoms with Crippen LogP contribution in [0.1, 0.15) is 18.4 Å². The lowest BCUT2D eigenvalue weighted by Gasteiger charge is -2.30. The number of sulfonamides is 1. The summed E-state index contributed by atoms with van der Waals surface area (Å²) < 4.78 is 26.4. The second-order valence-electron chi connectivity index (χ2n) is 7.25. The Kier molecular flexibility index (Phi) is 6.82. The number of benzene rings is 1. The lowest BCUT2D eigenvalue weighted by Crippen LogP contribution is -3.08. The summed E-state index contributed by atoms with van der Waals surface area (Å²) in [6.07, 6.45) is 3.73. The number of H-pyrrole nitrogens is 1. The minimum Gasteiger partial charge on any atom is -0.350 e. The molecular weight excluding hydrogens is 378 g/mol. The van der Waals surface area contributed by atoms with Crippen LogP contribution in [0.5, 0.6) is 0 Å². The van der Waals surface area contributed by atoms with Crippen molar-refractivity contribution in [2.45, 2.75) is 24.4 Å². The Balaban J connectivity index is 1.39. The molecule has 0 saturated carbocycles. The van der Waals surface area contributed by atoms with Gasteiger partial charge in [0, 0.05) is 24.6 Å². The molecule has 1 atom stereocenters. The third-order valence-corrected chi connectivity index (χ3v) is 6.94. The highest BCUT2D eigenvalue weighted by Gasteiger charge is 2.32. The minimum atomic E-state index is -3.55. The summed E-state index contributed by atoms with van der Waals surface area (Å²) in [5, 5.41) is 3.10. The van der Waals surface area contributed by atoms with E-state index in [0.717, 1.165) is 13.1 Å². The average Bonchev–Trinajstić information content (AvgIpc) is 3.24. The predicted molar refractivity (Wildman–Crippen MR) is 105 cm³/mol. The maximum atomic E-state index is 12.5. The minimum absolute atomic E-state index is 0.0195. The molecule has 1 unspecified atom stereocenters. The van der Waals surface area contributed by atoms with Crippen molar-refractivity contribution in [2.75, 3.05) is 33.2 Å². The zero-order valence-corrected chi connectivity index (χ0v) is 16.9. The summed E-state index contributed by atoms with van der Waals surface area (Å²) in [5.74, 6) is -0.117. The Morgan fingerprint density at radius 3 is 2.64 bits per heavy atom. The number of hydrogen-bond donors (Lipinski definition) is 3. The molecule has 1 aliphatic rings. The van der Waals surface area contributed by atoms with Gasteiger partial charge in [-0.3, -0.25) is 4.79 Å².